The first-order valence-corrected chi connectivity index (χ1v) is 8.35. The van der Waals surface area contributed by atoms with Gasteiger partial charge in [0.2, 0.25) is 0 Å². The summed E-state index contributed by atoms with van der Waals surface area (Å²) < 4.78 is 6.33. The van der Waals surface area contributed by atoms with Crippen molar-refractivity contribution in [3.63, 3.8) is 0 Å². The van der Waals surface area contributed by atoms with Crippen molar-refractivity contribution in [3.05, 3.63) is 17.5 Å². The van der Waals surface area contributed by atoms with Gasteiger partial charge in [-0.15, -0.1) is 0 Å². The van der Waals surface area contributed by atoms with E-state index in [0.29, 0.717) is 18.2 Å². The van der Waals surface area contributed by atoms with Crippen molar-refractivity contribution in [2.45, 2.75) is 32.2 Å². The van der Waals surface area contributed by atoms with Crippen molar-refractivity contribution in [1.29, 1.82) is 0 Å². The molecule has 0 bridgehead atoms. The molecule has 2 aliphatic rings. The van der Waals surface area contributed by atoms with E-state index in [-0.39, 0.29) is 11.6 Å². The first-order chi connectivity index (χ1) is 11.2. The molecule has 0 aromatic carbocycles. The van der Waals surface area contributed by atoms with Crippen LogP contribution in [0.4, 0.5) is 0 Å². The number of nitrogens with one attached hydrogen (secondary N) is 1. The lowest BCUT2D eigenvalue weighted by atomic mass is 9.94. The van der Waals surface area contributed by atoms with E-state index in [1.165, 1.54) is 20.0 Å². The van der Waals surface area contributed by atoms with Gasteiger partial charge >= 0.3 is 5.97 Å². The Kier molecular flexibility index (Phi) is 4.95. The molecule has 7 nitrogen and oxygen atoms in total. The molecule has 0 saturated carbocycles. The van der Waals surface area contributed by atoms with Gasteiger partial charge in [0.1, 0.15) is 5.69 Å². The number of methoxy groups -OCH3 is 1. The molecule has 1 aromatic heterocycles. The van der Waals surface area contributed by atoms with Crippen LogP contribution in [-0.4, -0.2) is 59.8 Å². The Morgan fingerprint density at radius 2 is 2.17 bits per heavy atom. The molecule has 0 unspecified atom stereocenters. The summed E-state index contributed by atoms with van der Waals surface area (Å²) in [5.74, 6) is 0.168. The lowest BCUT2D eigenvalue weighted by Crippen LogP contribution is -2.35. The zero-order valence-electron chi connectivity index (χ0n) is 13.6. The summed E-state index contributed by atoms with van der Waals surface area (Å²) in [4.78, 5) is 26.2. The Labute approximate surface area is 136 Å². The van der Waals surface area contributed by atoms with Gasteiger partial charge in [-0.2, -0.15) is 5.10 Å². The predicted octanol–water partition coefficient (Wildman–Crippen LogP) is 0.905. The third kappa shape index (κ3) is 3.55. The van der Waals surface area contributed by atoms with E-state index in [1.54, 1.807) is 10.7 Å². The number of nitrogens with zero attached hydrogens (tertiary/aromatic N) is 3. The molecule has 23 heavy (non-hydrogen) atoms. The molecule has 0 atom stereocenters. The van der Waals surface area contributed by atoms with E-state index in [1.807, 2.05) is 4.90 Å². The smallest absolute Gasteiger partial charge is 0.358 e. The van der Waals surface area contributed by atoms with E-state index in [9.17, 15) is 9.59 Å². The number of hydrogen-bond donors (Lipinski definition) is 1. The molecule has 1 saturated heterocycles. The van der Waals surface area contributed by atoms with Crippen molar-refractivity contribution in [3.8, 4) is 0 Å². The van der Waals surface area contributed by atoms with Crippen LogP contribution in [0.25, 0.3) is 0 Å². The maximum absolute atomic E-state index is 12.7. The standard InChI is InChI=1S/C16H24N4O3/c1-23-16(22)13-11-14-15(21)19(8-2-9-20(14)18-13)10-5-12-3-6-17-7-4-12/h11-12,17H,2-10H2,1H3. The quantitative estimate of drug-likeness (QED) is 0.834. The topological polar surface area (TPSA) is 76.5 Å². The molecular weight excluding hydrogens is 296 g/mol. The van der Waals surface area contributed by atoms with Crippen LogP contribution in [0.2, 0.25) is 0 Å². The van der Waals surface area contributed by atoms with E-state index in [0.717, 1.165) is 39.0 Å². The monoisotopic (exact) mass is 320 g/mol. The zero-order valence-corrected chi connectivity index (χ0v) is 13.6. The van der Waals surface area contributed by atoms with Crippen LogP contribution in [0.3, 0.4) is 0 Å². The maximum Gasteiger partial charge on any atom is 0.358 e. The average Bonchev–Trinajstić information content (AvgIpc) is 2.95. The first-order valence-electron chi connectivity index (χ1n) is 8.35. The largest absolute Gasteiger partial charge is 0.464 e. The molecule has 3 rings (SSSR count). The molecule has 0 aliphatic carbocycles. The van der Waals surface area contributed by atoms with Gasteiger partial charge in [-0.1, -0.05) is 0 Å². The first kappa shape index (κ1) is 16.0. The van der Waals surface area contributed by atoms with Crippen LogP contribution in [0, 0.1) is 5.92 Å². The molecule has 126 valence electrons. The number of aromatic nitrogens is 2. The highest BCUT2D eigenvalue weighted by Crippen LogP contribution is 2.19. The Bertz CT molecular complexity index is 578. The van der Waals surface area contributed by atoms with Crippen LogP contribution < -0.4 is 5.32 Å². The highest BCUT2D eigenvalue weighted by atomic mass is 16.5. The van der Waals surface area contributed by atoms with E-state index in [2.05, 4.69) is 15.2 Å². The van der Waals surface area contributed by atoms with Crippen molar-refractivity contribution in [2.75, 3.05) is 33.3 Å². The Balaban J connectivity index is 1.67. The predicted molar refractivity (Wildman–Crippen MR) is 84.3 cm³/mol. The van der Waals surface area contributed by atoms with Crippen LogP contribution >= 0.6 is 0 Å². The molecule has 7 heteroatoms. The van der Waals surface area contributed by atoms with Crippen molar-refractivity contribution < 1.29 is 14.3 Å². The molecule has 1 amide bonds. The number of rotatable bonds is 4. The minimum atomic E-state index is -0.500. The van der Waals surface area contributed by atoms with Crippen molar-refractivity contribution in [2.24, 2.45) is 5.92 Å². The van der Waals surface area contributed by atoms with Crippen molar-refractivity contribution >= 4 is 11.9 Å². The van der Waals surface area contributed by atoms with Crippen molar-refractivity contribution in [1.82, 2.24) is 20.0 Å². The van der Waals surface area contributed by atoms with Gasteiger partial charge in [0.25, 0.3) is 5.91 Å². The second-order valence-electron chi connectivity index (χ2n) is 6.26. The van der Waals surface area contributed by atoms with Gasteiger partial charge in [-0.3, -0.25) is 9.48 Å². The third-order valence-electron chi connectivity index (χ3n) is 4.74. The molecule has 0 spiro atoms. The number of esters is 1. The fraction of sp³-hybridized carbons (Fsp3) is 0.688. The second-order valence-corrected chi connectivity index (χ2v) is 6.26. The summed E-state index contributed by atoms with van der Waals surface area (Å²) in [6.45, 7) is 4.34. The number of fused-ring (bicyclic) bond motifs is 1. The summed E-state index contributed by atoms with van der Waals surface area (Å²) in [5, 5.41) is 7.57. The average molecular weight is 320 g/mol. The molecule has 1 fully saturated rings. The molecule has 0 radical (unpaired) electrons. The summed E-state index contributed by atoms with van der Waals surface area (Å²) >= 11 is 0. The van der Waals surface area contributed by atoms with Gasteiger partial charge in [0.05, 0.1) is 7.11 Å². The molecule has 1 N–H and O–H groups in total. The summed E-state index contributed by atoms with van der Waals surface area (Å²) in [7, 11) is 1.32. The number of carbonyl (C=O) groups excluding carboxylic acids is 2. The normalized spacial score (nSPS) is 19.3. The number of ether oxygens (including phenoxy) is 1. The van der Waals surface area contributed by atoms with Gasteiger partial charge in [0.15, 0.2) is 5.69 Å². The highest BCUT2D eigenvalue weighted by Gasteiger charge is 2.27. The zero-order chi connectivity index (χ0) is 16.2. The summed E-state index contributed by atoms with van der Waals surface area (Å²) in [6.07, 6.45) is 4.28. The lowest BCUT2D eigenvalue weighted by Gasteiger charge is -2.26. The van der Waals surface area contributed by atoms with E-state index in [4.69, 9.17) is 0 Å². The third-order valence-corrected chi connectivity index (χ3v) is 4.74. The summed E-state index contributed by atoms with van der Waals surface area (Å²) in [5.41, 5.74) is 0.698. The van der Waals surface area contributed by atoms with Gasteiger partial charge in [-0.05, 0) is 44.7 Å². The minimum Gasteiger partial charge on any atom is -0.464 e. The Hall–Kier alpha value is -1.89. The SMILES string of the molecule is COC(=O)c1cc2n(n1)CCCN(CCC1CCNCC1)C2=O. The number of hydrogen-bond acceptors (Lipinski definition) is 5. The number of piperidine rings is 1. The van der Waals surface area contributed by atoms with Crippen LogP contribution in [0.1, 0.15) is 46.7 Å². The molecule has 3 heterocycles. The molecule has 2 aliphatic heterocycles. The van der Waals surface area contributed by atoms with Crippen LogP contribution in [-0.2, 0) is 11.3 Å². The molecular formula is C16H24N4O3. The highest BCUT2D eigenvalue weighted by molar-refractivity contribution is 5.96. The lowest BCUT2D eigenvalue weighted by molar-refractivity contribution is 0.0593. The van der Waals surface area contributed by atoms with E-state index < -0.39 is 5.97 Å². The maximum atomic E-state index is 12.7. The number of amides is 1. The summed E-state index contributed by atoms with van der Waals surface area (Å²) in [6, 6.07) is 1.55. The second kappa shape index (κ2) is 7.12. The fourth-order valence-electron chi connectivity index (χ4n) is 3.36. The van der Waals surface area contributed by atoms with Gasteiger partial charge in [-0.25, -0.2) is 4.79 Å². The van der Waals surface area contributed by atoms with E-state index >= 15 is 0 Å². The fourth-order valence-corrected chi connectivity index (χ4v) is 3.36. The number of carbonyl (C=O) groups is 2. The van der Waals surface area contributed by atoms with Gasteiger partial charge < -0.3 is 15.0 Å². The van der Waals surface area contributed by atoms with Crippen LogP contribution in [0.15, 0.2) is 6.07 Å². The number of aryl methyl sites for hydroxylation is 1. The Morgan fingerprint density at radius 3 is 2.91 bits per heavy atom. The van der Waals surface area contributed by atoms with Crippen LogP contribution in [0.5, 0.6) is 0 Å². The Morgan fingerprint density at radius 1 is 1.39 bits per heavy atom. The van der Waals surface area contributed by atoms with Gasteiger partial charge in [0, 0.05) is 25.7 Å². The minimum absolute atomic E-state index is 0.0286. The molecule has 1 aromatic rings.